The summed E-state index contributed by atoms with van der Waals surface area (Å²) in [4.78, 5) is 12.1. The van der Waals surface area contributed by atoms with Gasteiger partial charge in [-0.25, -0.2) is 0 Å². The fourth-order valence-electron chi connectivity index (χ4n) is 1.22. The third-order valence-electron chi connectivity index (χ3n) is 1.83. The van der Waals surface area contributed by atoms with Crippen molar-refractivity contribution in [3.63, 3.8) is 0 Å². The maximum Gasteiger partial charge on any atom is 0.237 e. The summed E-state index contributed by atoms with van der Waals surface area (Å²) in [5.41, 5.74) is 0. The number of β-lactam (4-membered cyclic amide) rings is 1. The van der Waals surface area contributed by atoms with Crippen molar-refractivity contribution in [1.82, 2.24) is 4.90 Å². The molecule has 11 heavy (non-hydrogen) atoms. The van der Waals surface area contributed by atoms with Gasteiger partial charge in [0.1, 0.15) is 0 Å². The summed E-state index contributed by atoms with van der Waals surface area (Å²) in [6, 6.07) is 0. The van der Waals surface area contributed by atoms with E-state index < -0.39 is 11.2 Å². The monoisotopic (exact) mass is 173 g/mol. The van der Waals surface area contributed by atoms with Gasteiger partial charge in [0.25, 0.3) is 0 Å². The first-order valence-electron chi connectivity index (χ1n) is 3.26. The molecule has 1 saturated heterocycles. The Hall–Kier alpha value is -0.680. The van der Waals surface area contributed by atoms with Gasteiger partial charge in [-0.15, -0.1) is 0 Å². The van der Waals surface area contributed by atoms with Crippen LogP contribution in [0, 0.1) is 0 Å². The van der Waals surface area contributed by atoms with Gasteiger partial charge in [-0.2, -0.15) is 0 Å². The minimum atomic E-state index is -1.09. The summed E-state index contributed by atoms with van der Waals surface area (Å²) in [7, 11) is 0. The van der Waals surface area contributed by atoms with E-state index in [4.69, 9.17) is 5.11 Å². The number of rotatable bonds is 0. The Labute approximate surface area is 66.7 Å². The van der Waals surface area contributed by atoms with Gasteiger partial charge < -0.3 is 9.66 Å². The van der Waals surface area contributed by atoms with Crippen LogP contribution in [0.4, 0.5) is 0 Å². The third-order valence-corrected chi connectivity index (χ3v) is 3.41. The number of aliphatic hydroxyl groups excluding tert-OH is 1. The quantitative estimate of drug-likeness (QED) is 0.404. The summed E-state index contributed by atoms with van der Waals surface area (Å²) in [5, 5.41) is 8.83. The molecule has 1 unspecified atom stereocenters. The number of hydrogen-bond donors (Lipinski definition) is 1. The lowest BCUT2D eigenvalue weighted by Gasteiger charge is -2.40. The van der Waals surface area contributed by atoms with Crippen molar-refractivity contribution in [2.24, 2.45) is 0 Å². The molecule has 0 bridgehead atoms. The molecule has 0 aromatic rings. The average Bonchev–Trinajstić information content (AvgIpc) is 1.93. The highest BCUT2D eigenvalue weighted by molar-refractivity contribution is 7.92. The highest BCUT2D eigenvalue weighted by Crippen LogP contribution is 2.30. The topological polar surface area (TPSA) is 63.6 Å². The second-order valence-electron chi connectivity index (χ2n) is 2.61. The molecule has 0 aliphatic carbocycles. The maximum absolute atomic E-state index is 11.1. The number of hydrogen-bond acceptors (Lipinski definition) is 3. The minimum absolute atomic E-state index is 0.0348. The summed E-state index contributed by atoms with van der Waals surface area (Å²) < 4.78 is 11.1. The van der Waals surface area contributed by atoms with Crippen molar-refractivity contribution in [3.8, 4) is 0 Å². The Bertz CT molecular complexity index is 240. The second-order valence-corrected chi connectivity index (χ2v) is 4.20. The van der Waals surface area contributed by atoms with Gasteiger partial charge in [0.15, 0.2) is 11.5 Å². The van der Waals surface area contributed by atoms with Gasteiger partial charge in [0.2, 0.25) is 11.3 Å². The molecule has 0 aromatic heterocycles. The van der Waals surface area contributed by atoms with Gasteiger partial charge in [0, 0.05) is 0 Å². The highest BCUT2D eigenvalue weighted by atomic mass is 32.2. The molecule has 0 spiro atoms. The molecular formula is C6H7NO3S. The first-order chi connectivity index (χ1) is 5.18. The van der Waals surface area contributed by atoms with E-state index in [1.807, 2.05) is 0 Å². The molecule has 0 aromatic carbocycles. The standard InChI is InChI=1S/C6H7NO3S/c8-4-2-7-5(9)1-6(7)11(10)3-4/h2,6,8H,1,3H2/t6-,11?/m1/s1. The van der Waals surface area contributed by atoms with Crippen LogP contribution in [0.5, 0.6) is 0 Å². The van der Waals surface area contributed by atoms with Crippen molar-refractivity contribution < 1.29 is 14.5 Å². The van der Waals surface area contributed by atoms with Crippen molar-refractivity contribution >= 4 is 17.1 Å². The number of nitrogens with zero attached hydrogens (tertiary/aromatic N) is 1. The van der Waals surface area contributed by atoms with Crippen molar-refractivity contribution in [2.45, 2.75) is 11.8 Å². The Morgan fingerprint density at radius 2 is 2.55 bits per heavy atom. The van der Waals surface area contributed by atoms with Gasteiger partial charge in [-0.1, -0.05) is 0 Å². The minimum Gasteiger partial charge on any atom is -0.614 e. The summed E-state index contributed by atoms with van der Waals surface area (Å²) in [6.45, 7) is 0. The Morgan fingerprint density at radius 3 is 3.18 bits per heavy atom. The molecule has 2 atom stereocenters. The zero-order valence-electron chi connectivity index (χ0n) is 5.69. The molecule has 5 heteroatoms. The third kappa shape index (κ3) is 0.918. The van der Waals surface area contributed by atoms with Crippen LogP contribution in [-0.4, -0.2) is 31.6 Å². The lowest BCUT2D eigenvalue weighted by molar-refractivity contribution is -0.138. The molecule has 60 valence electrons. The largest absolute Gasteiger partial charge is 0.614 e. The lowest BCUT2D eigenvalue weighted by atomic mass is 10.2. The fourth-order valence-corrected chi connectivity index (χ4v) is 2.53. The van der Waals surface area contributed by atoms with E-state index >= 15 is 0 Å². The lowest BCUT2D eigenvalue weighted by Crippen LogP contribution is -2.56. The first kappa shape index (κ1) is 7.00. The van der Waals surface area contributed by atoms with E-state index in [0.29, 0.717) is 6.42 Å². The van der Waals surface area contributed by atoms with Gasteiger partial charge in [-0.05, 0) is 11.2 Å². The number of carbonyl (C=O) groups is 1. The second kappa shape index (κ2) is 2.15. The predicted octanol–water partition coefficient (Wildman–Crippen LogP) is -0.293. The molecule has 1 fully saturated rings. The summed E-state index contributed by atoms with van der Waals surface area (Å²) in [5.74, 6) is 0.163. The van der Waals surface area contributed by atoms with E-state index in [1.165, 1.54) is 11.1 Å². The zero-order chi connectivity index (χ0) is 8.01. The molecule has 0 saturated carbocycles. The van der Waals surface area contributed by atoms with Crippen molar-refractivity contribution in [2.75, 3.05) is 5.75 Å². The van der Waals surface area contributed by atoms with Crippen LogP contribution in [0.1, 0.15) is 6.42 Å². The maximum atomic E-state index is 11.1. The summed E-state index contributed by atoms with van der Waals surface area (Å²) in [6.07, 6.45) is 1.73. The van der Waals surface area contributed by atoms with Gasteiger partial charge >= 0.3 is 0 Å². The average molecular weight is 173 g/mol. The van der Waals surface area contributed by atoms with Crippen LogP contribution >= 0.6 is 0 Å². The summed E-state index contributed by atoms with van der Waals surface area (Å²) >= 11 is -1.09. The Kier molecular flexibility index (Phi) is 1.37. The van der Waals surface area contributed by atoms with Crippen LogP contribution in [-0.2, 0) is 16.0 Å². The van der Waals surface area contributed by atoms with E-state index in [2.05, 4.69) is 0 Å². The normalized spacial score (nSPS) is 35.9. The van der Waals surface area contributed by atoms with Crippen molar-refractivity contribution in [3.05, 3.63) is 12.0 Å². The molecule has 2 aliphatic rings. The Balaban J connectivity index is 2.22. The number of amides is 1. The molecule has 2 heterocycles. The van der Waals surface area contributed by atoms with Crippen LogP contribution in [0.15, 0.2) is 12.0 Å². The predicted molar refractivity (Wildman–Crippen MR) is 39.0 cm³/mol. The van der Waals surface area contributed by atoms with E-state index in [1.54, 1.807) is 0 Å². The molecule has 1 N–H and O–H groups in total. The zero-order valence-corrected chi connectivity index (χ0v) is 6.50. The Morgan fingerprint density at radius 1 is 1.82 bits per heavy atom. The molecular weight excluding hydrogens is 166 g/mol. The number of aliphatic hydroxyl groups is 1. The molecule has 0 radical (unpaired) electrons. The SMILES string of the molecule is O=C1C[C@@H]2N1C=C(O)C[S+]2[O-]. The van der Waals surface area contributed by atoms with Gasteiger partial charge in [-0.3, -0.25) is 9.69 Å². The van der Waals surface area contributed by atoms with Crippen molar-refractivity contribution in [1.29, 1.82) is 0 Å². The van der Waals surface area contributed by atoms with Crippen LogP contribution in [0.25, 0.3) is 0 Å². The molecule has 1 amide bonds. The molecule has 4 nitrogen and oxygen atoms in total. The number of carbonyl (C=O) groups excluding carboxylic acids is 1. The molecule has 2 aliphatic heterocycles. The van der Waals surface area contributed by atoms with E-state index in [-0.39, 0.29) is 22.8 Å². The van der Waals surface area contributed by atoms with E-state index in [9.17, 15) is 9.35 Å². The first-order valence-corrected chi connectivity index (χ1v) is 4.64. The smallest absolute Gasteiger partial charge is 0.237 e. The molecule has 2 rings (SSSR count). The highest BCUT2D eigenvalue weighted by Gasteiger charge is 2.46. The van der Waals surface area contributed by atoms with Crippen LogP contribution in [0.3, 0.4) is 0 Å². The number of fused-ring (bicyclic) bond motifs is 1. The van der Waals surface area contributed by atoms with Crippen LogP contribution in [0.2, 0.25) is 0 Å². The van der Waals surface area contributed by atoms with Crippen LogP contribution < -0.4 is 0 Å². The van der Waals surface area contributed by atoms with E-state index in [0.717, 1.165) is 0 Å². The fraction of sp³-hybridized carbons (Fsp3) is 0.500. The van der Waals surface area contributed by atoms with Gasteiger partial charge in [0.05, 0.1) is 12.6 Å².